The van der Waals surface area contributed by atoms with Gasteiger partial charge in [-0.15, -0.1) is 0 Å². The third-order valence-corrected chi connectivity index (χ3v) is 5.15. The number of likely N-dealkylation sites (tertiary alicyclic amines) is 1. The second-order valence-corrected chi connectivity index (χ2v) is 6.98. The van der Waals surface area contributed by atoms with Gasteiger partial charge in [-0.05, 0) is 31.9 Å². The van der Waals surface area contributed by atoms with Gasteiger partial charge >= 0.3 is 0 Å². The van der Waals surface area contributed by atoms with E-state index in [2.05, 4.69) is 9.97 Å². The van der Waals surface area contributed by atoms with Crippen LogP contribution in [0.15, 0.2) is 16.9 Å². The number of carbonyl (C=O) groups is 1. The highest BCUT2D eigenvalue weighted by atomic mass is 16.5. The van der Waals surface area contributed by atoms with Gasteiger partial charge in [-0.3, -0.25) is 14.5 Å². The van der Waals surface area contributed by atoms with E-state index < -0.39 is 0 Å². The van der Waals surface area contributed by atoms with E-state index in [1.807, 2.05) is 16.7 Å². The summed E-state index contributed by atoms with van der Waals surface area (Å²) in [7, 11) is 3.07. The molecule has 1 aromatic heterocycles. The van der Waals surface area contributed by atoms with Crippen molar-refractivity contribution in [2.24, 2.45) is 0 Å². The third kappa shape index (κ3) is 4.44. The number of aromatic nitrogens is 2. The summed E-state index contributed by atoms with van der Waals surface area (Å²) >= 11 is 0. The van der Waals surface area contributed by atoms with E-state index in [0.717, 1.165) is 25.9 Å². The van der Waals surface area contributed by atoms with E-state index in [0.29, 0.717) is 47.9 Å². The van der Waals surface area contributed by atoms with Gasteiger partial charge in [0.15, 0.2) is 11.5 Å². The van der Waals surface area contributed by atoms with E-state index in [-0.39, 0.29) is 11.5 Å². The number of ether oxygens (including phenoxy) is 2. The smallest absolute Gasteiger partial charge is 0.258 e. The fourth-order valence-electron chi connectivity index (χ4n) is 3.52. The second-order valence-electron chi connectivity index (χ2n) is 6.98. The van der Waals surface area contributed by atoms with Crippen molar-refractivity contribution in [1.29, 1.82) is 0 Å². The average molecular weight is 388 g/mol. The van der Waals surface area contributed by atoms with E-state index in [1.165, 1.54) is 13.5 Å². The number of likely N-dealkylation sites (N-methyl/N-ethyl adjacent to an activating group) is 1. The number of methoxy groups -OCH3 is 2. The number of hydrogen-bond donors (Lipinski definition) is 1. The molecular formula is C20H28N4O4. The fraction of sp³-hybridized carbons (Fsp3) is 0.550. The summed E-state index contributed by atoms with van der Waals surface area (Å²) in [4.78, 5) is 36.4. The van der Waals surface area contributed by atoms with Crippen molar-refractivity contribution in [3.8, 4) is 11.5 Å². The Bertz CT molecular complexity index is 890. The van der Waals surface area contributed by atoms with Gasteiger partial charge in [0.05, 0.1) is 38.2 Å². The minimum atomic E-state index is -0.237. The first-order chi connectivity index (χ1) is 13.5. The zero-order chi connectivity index (χ0) is 20.1. The highest BCUT2D eigenvalue weighted by Crippen LogP contribution is 2.29. The number of carbonyl (C=O) groups excluding carboxylic acids is 1. The van der Waals surface area contributed by atoms with Gasteiger partial charge in [-0.1, -0.05) is 6.92 Å². The quantitative estimate of drug-likeness (QED) is 0.778. The molecule has 1 N–H and O–H groups in total. The Morgan fingerprint density at radius 2 is 1.86 bits per heavy atom. The van der Waals surface area contributed by atoms with Crippen LogP contribution in [0.25, 0.3) is 10.9 Å². The van der Waals surface area contributed by atoms with Gasteiger partial charge in [0.25, 0.3) is 5.56 Å². The summed E-state index contributed by atoms with van der Waals surface area (Å²) in [5, 5.41) is 0.439. The molecule has 0 saturated carbocycles. The van der Waals surface area contributed by atoms with Crippen molar-refractivity contribution >= 4 is 16.8 Å². The first kappa shape index (κ1) is 20.1. The maximum absolute atomic E-state index is 12.6. The van der Waals surface area contributed by atoms with Crippen LogP contribution in [0.2, 0.25) is 0 Å². The van der Waals surface area contributed by atoms with Crippen molar-refractivity contribution in [2.45, 2.75) is 32.7 Å². The highest BCUT2D eigenvalue weighted by Gasteiger charge is 2.20. The van der Waals surface area contributed by atoms with Gasteiger partial charge in [0.2, 0.25) is 5.91 Å². The van der Waals surface area contributed by atoms with Crippen LogP contribution in [-0.2, 0) is 11.3 Å². The summed E-state index contributed by atoms with van der Waals surface area (Å²) in [5.74, 6) is 1.66. The molecule has 1 aromatic carbocycles. The molecule has 1 aliphatic rings. The second kappa shape index (κ2) is 9.05. The lowest BCUT2D eigenvalue weighted by Crippen LogP contribution is -2.42. The topological polar surface area (TPSA) is 87.8 Å². The predicted octanol–water partition coefficient (Wildman–Crippen LogP) is 1.77. The Balaban J connectivity index is 1.79. The molecule has 1 fully saturated rings. The maximum Gasteiger partial charge on any atom is 0.258 e. The normalized spacial score (nSPS) is 14.5. The van der Waals surface area contributed by atoms with Crippen LogP contribution in [0.5, 0.6) is 11.5 Å². The molecule has 3 rings (SSSR count). The molecule has 8 nitrogen and oxygen atoms in total. The minimum Gasteiger partial charge on any atom is -0.493 e. The molecular weight excluding hydrogens is 360 g/mol. The van der Waals surface area contributed by atoms with Crippen LogP contribution in [0, 0.1) is 0 Å². The molecule has 152 valence electrons. The van der Waals surface area contributed by atoms with E-state index in [1.54, 1.807) is 19.2 Å². The molecule has 0 radical (unpaired) electrons. The number of H-pyrrole nitrogens is 1. The van der Waals surface area contributed by atoms with Crippen molar-refractivity contribution in [3.63, 3.8) is 0 Å². The fourth-order valence-corrected chi connectivity index (χ4v) is 3.52. The molecule has 0 bridgehead atoms. The van der Waals surface area contributed by atoms with Crippen molar-refractivity contribution < 1.29 is 14.3 Å². The largest absolute Gasteiger partial charge is 0.493 e. The zero-order valence-corrected chi connectivity index (χ0v) is 16.8. The molecule has 8 heteroatoms. The van der Waals surface area contributed by atoms with Crippen molar-refractivity contribution in [2.75, 3.05) is 40.4 Å². The number of benzene rings is 1. The number of aromatic amines is 1. The molecule has 0 aliphatic carbocycles. The van der Waals surface area contributed by atoms with Gasteiger partial charge in [0, 0.05) is 19.2 Å². The Labute approximate surface area is 164 Å². The minimum absolute atomic E-state index is 0.135. The standard InChI is InChI=1S/C20H28N4O4/c1-4-23(13-19(25)24-8-6-5-7-9-24)12-18-21-15-11-17(28-3)16(27-2)10-14(15)20(26)22-18/h10-11H,4-9,12-13H2,1-3H3,(H,21,22,26). The number of nitrogens with zero attached hydrogens (tertiary/aromatic N) is 3. The summed E-state index contributed by atoms with van der Waals surface area (Å²) in [5.41, 5.74) is 0.300. The Morgan fingerprint density at radius 1 is 1.18 bits per heavy atom. The lowest BCUT2D eigenvalue weighted by Gasteiger charge is -2.29. The summed E-state index contributed by atoms with van der Waals surface area (Å²) in [6.07, 6.45) is 3.34. The molecule has 2 aromatic rings. The van der Waals surface area contributed by atoms with Gasteiger partial charge < -0.3 is 19.4 Å². The zero-order valence-electron chi connectivity index (χ0n) is 16.8. The van der Waals surface area contributed by atoms with Crippen LogP contribution in [0.4, 0.5) is 0 Å². The van der Waals surface area contributed by atoms with Crippen molar-refractivity contribution in [3.05, 3.63) is 28.3 Å². The Morgan fingerprint density at radius 3 is 2.50 bits per heavy atom. The number of amides is 1. The molecule has 0 spiro atoms. The van der Waals surface area contributed by atoms with Crippen LogP contribution in [-0.4, -0.2) is 66.1 Å². The monoisotopic (exact) mass is 388 g/mol. The first-order valence-electron chi connectivity index (χ1n) is 9.70. The predicted molar refractivity (Wildman–Crippen MR) is 107 cm³/mol. The number of rotatable bonds is 7. The van der Waals surface area contributed by atoms with Gasteiger partial charge in [-0.25, -0.2) is 4.98 Å². The average Bonchev–Trinajstić information content (AvgIpc) is 2.72. The number of fused-ring (bicyclic) bond motifs is 1. The first-order valence-corrected chi connectivity index (χ1v) is 9.70. The lowest BCUT2D eigenvalue weighted by molar-refractivity contribution is -0.133. The van der Waals surface area contributed by atoms with Crippen LogP contribution in [0.3, 0.4) is 0 Å². The number of nitrogens with one attached hydrogen (secondary N) is 1. The Kier molecular flexibility index (Phi) is 6.51. The van der Waals surface area contributed by atoms with Crippen LogP contribution >= 0.6 is 0 Å². The van der Waals surface area contributed by atoms with Crippen LogP contribution in [0.1, 0.15) is 32.0 Å². The summed E-state index contributed by atoms with van der Waals surface area (Å²) < 4.78 is 10.6. The van der Waals surface area contributed by atoms with E-state index in [4.69, 9.17) is 9.47 Å². The molecule has 1 amide bonds. The molecule has 28 heavy (non-hydrogen) atoms. The molecule has 2 heterocycles. The van der Waals surface area contributed by atoms with E-state index >= 15 is 0 Å². The summed E-state index contributed by atoms with van der Waals surface area (Å²) in [6.45, 7) is 5.08. The number of piperidine rings is 1. The summed E-state index contributed by atoms with van der Waals surface area (Å²) in [6, 6.07) is 3.32. The van der Waals surface area contributed by atoms with Crippen molar-refractivity contribution in [1.82, 2.24) is 19.8 Å². The maximum atomic E-state index is 12.6. The molecule has 0 unspecified atom stereocenters. The van der Waals surface area contributed by atoms with Crippen LogP contribution < -0.4 is 15.0 Å². The Hall–Kier alpha value is -2.61. The van der Waals surface area contributed by atoms with Gasteiger partial charge in [-0.2, -0.15) is 0 Å². The lowest BCUT2D eigenvalue weighted by atomic mass is 10.1. The van der Waals surface area contributed by atoms with Gasteiger partial charge in [0.1, 0.15) is 5.82 Å². The molecule has 1 aliphatic heterocycles. The highest BCUT2D eigenvalue weighted by molar-refractivity contribution is 5.82. The number of hydrogen-bond acceptors (Lipinski definition) is 6. The molecule has 1 saturated heterocycles. The SMILES string of the molecule is CCN(CC(=O)N1CCCCC1)Cc1nc2cc(OC)c(OC)cc2c(=O)[nH]1. The third-order valence-electron chi connectivity index (χ3n) is 5.15. The molecule has 0 atom stereocenters. The van der Waals surface area contributed by atoms with E-state index in [9.17, 15) is 9.59 Å².